The van der Waals surface area contributed by atoms with Crippen molar-refractivity contribution in [3.63, 3.8) is 0 Å². The summed E-state index contributed by atoms with van der Waals surface area (Å²) < 4.78 is 0. The van der Waals surface area contributed by atoms with Crippen LogP contribution in [0.1, 0.15) is 31.7 Å². The maximum absolute atomic E-state index is 6.10. The van der Waals surface area contributed by atoms with Crippen LogP contribution in [0, 0.1) is 5.92 Å². The summed E-state index contributed by atoms with van der Waals surface area (Å²) in [5.74, 6) is 0.794. The van der Waals surface area contributed by atoms with Gasteiger partial charge >= 0.3 is 0 Å². The SMILES string of the molecule is CC1CCCN(c2cc(Cl)ccc2C(N)=S)CC1. The maximum Gasteiger partial charge on any atom is 0.106 e. The molecule has 4 heteroatoms. The highest BCUT2D eigenvalue weighted by molar-refractivity contribution is 7.80. The number of hydrogen-bond acceptors (Lipinski definition) is 2. The fraction of sp³-hybridized carbons (Fsp3) is 0.500. The van der Waals surface area contributed by atoms with E-state index in [1.807, 2.05) is 18.2 Å². The zero-order valence-corrected chi connectivity index (χ0v) is 12.2. The van der Waals surface area contributed by atoms with Crippen LogP contribution in [0.5, 0.6) is 0 Å². The van der Waals surface area contributed by atoms with Crippen molar-refractivity contribution in [1.82, 2.24) is 0 Å². The van der Waals surface area contributed by atoms with Crippen molar-refractivity contribution in [1.29, 1.82) is 0 Å². The van der Waals surface area contributed by atoms with Crippen LogP contribution in [0.25, 0.3) is 0 Å². The number of anilines is 1. The summed E-state index contributed by atoms with van der Waals surface area (Å²) in [5.41, 5.74) is 7.82. The molecular formula is C14H19ClN2S. The summed E-state index contributed by atoms with van der Waals surface area (Å²) in [6, 6.07) is 5.75. The molecule has 0 aliphatic carbocycles. The molecule has 2 N–H and O–H groups in total. The second-order valence-electron chi connectivity index (χ2n) is 5.05. The molecular weight excluding hydrogens is 264 g/mol. The van der Waals surface area contributed by atoms with Gasteiger partial charge in [-0.15, -0.1) is 0 Å². The van der Waals surface area contributed by atoms with Gasteiger partial charge in [-0.1, -0.05) is 30.7 Å². The molecule has 1 aromatic carbocycles. The quantitative estimate of drug-likeness (QED) is 0.841. The van der Waals surface area contributed by atoms with E-state index in [4.69, 9.17) is 29.6 Å². The van der Waals surface area contributed by atoms with Crippen LogP contribution < -0.4 is 10.6 Å². The van der Waals surface area contributed by atoms with Crippen LogP contribution in [-0.2, 0) is 0 Å². The van der Waals surface area contributed by atoms with Gasteiger partial charge in [0, 0.05) is 29.4 Å². The lowest BCUT2D eigenvalue weighted by atomic mass is 10.0. The van der Waals surface area contributed by atoms with Crippen molar-refractivity contribution >= 4 is 34.5 Å². The molecule has 2 rings (SSSR count). The van der Waals surface area contributed by atoms with Crippen LogP contribution in [-0.4, -0.2) is 18.1 Å². The van der Waals surface area contributed by atoms with E-state index >= 15 is 0 Å². The highest BCUT2D eigenvalue weighted by Gasteiger charge is 2.17. The molecule has 1 atom stereocenters. The summed E-state index contributed by atoms with van der Waals surface area (Å²) in [6.07, 6.45) is 3.72. The molecule has 0 amide bonds. The first kappa shape index (κ1) is 13.6. The maximum atomic E-state index is 6.10. The first-order chi connectivity index (χ1) is 8.58. The number of rotatable bonds is 2. The van der Waals surface area contributed by atoms with E-state index in [1.54, 1.807) is 0 Å². The summed E-state index contributed by atoms with van der Waals surface area (Å²) in [4.78, 5) is 2.81. The normalized spacial score (nSPS) is 20.6. The van der Waals surface area contributed by atoms with Crippen LogP contribution in [0.15, 0.2) is 18.2 Å². The van der Waals surface area contributed by atoms with Crippen molar-refractivity contribution in [2.45, 2.75) is 26.2 Å². The van der Waals surface area contributed by atoms with Crippen molar-refractivity contribution in [2.24, 2.45) is 11.7 Å². The molecule has 1 aliphatic heterocycles. The molecule has 18 heavy (non-hydrogen) atoms. The zero-order valence-electron chi connectivity index (χ0n) is 10.7. The monoisotopic (exact) mass is 282 g/mol. The van der Waals surface area contributed by atoms with Gasteiger partial charge in [0.25, 0.3) is 0 Å². The number of halogens is 1. The molecule has 1 unspecified atom stereocenters. The van der Waals surface area contributed by atoms with E-state index in [0.717, 1.165) is 35.3 Å². The molecule has 1 aromatic rings. The minimum Gasteiger partial charge on any atom is -0.389 e. The predicted octanol–water partition coefficient (Wildman–Crippen LogP) is 3.60. The standard InChI is InChI=1S/C14H19ClN2S/c1-10-3-2-7-17(8-6-10)13-9-11(15)4-5-12(13)14(16)18/h4-5,9-10H,2-3,6-8H2,1H3,(H2,16,18). The van der Waals surface area contributed by atoms with E-state index in [-0.39, 0.29) is 0 Å². The zero-order chi connectivity index (χ0) is 13.1. The Kier molecular flexibility index (Phi) is 4.46. The van der Waals surface area contributed by atoms with E-state index in [0.29, 0.717) is 4.99 Å². The Balaban J connectivity index is 2.30. The summed E-state index contributed by atoms with van der Waals surface area (Å²) >= 11 is 11.2. The first-order valence-electron chi connectivity index (χ1n) is 6.42. The number of thiocarbonyl (C=S) groups is 1. The number of hydrogen-bond donors (Lipinski definition) is 1. The minimum atomic E-state index is 0.443. The Morgan fingerprint density at radius 2 is 2.17 bits per heavy atom. The lowest BCUT2D eigenvalue weighted by Crippen LogP contribution is -2.27. The fourth-order valence-corrected chi connectivity index (χ4v) is 2.82. The Morgan fingerprint density at radius 3 is 2.89 bits per heavy atom. The Bertz CT molecular complexity index is 447. The van der Waals surface area contributed by atoms with Gasteiger partial charge in [-0.2, -0.15) is 0 Å². The van der Waals surface area contributed by atoms with Gasteiger partial charge in [0.05, 0.1) is 0 Å². The molecule has 1 aliphatic rings. The minimum absolute atomic E-state index is 0.443. The average Bonchev–Trinajstić information content (AvgIpc) is 2.53. The number of nitrogens with two attached hydrogens (primary N) is 1. The fourth-order valence-electron chi connectivity index (χ4n) is 2.48. The molecule has 0 spiro atoms. The van der Waals surface area contributed by atoms with Crippen LogP contribution in [0.2, 0.25) is 5.02 Å². The smallest absolute Gasteiger partial charge is 0.106 e. The van der Waals surface area contributed by atoms with Gasteiger partial charge in [0.15, 0.2) is 0 Å². The first-order valence-corrected chi connectivity index (χ1v) is 7.21. The average molecular weight is 283 g/mol. The number of nitrogens with zero attached hydrogens (tertiary/aromatic N) is 1. The summed E-state index contributed by atoms with van der Waals surface area (Å²) in [5, 5.41) is 0.738. The Hall–Kier alpha value is -0.800. The van der Waals surface area contributed by atoms with Crippen molar-refractivity contribution < 1.29 is 0 Å². The van der Waals surface area contributed by atoms with E-state index < -0.39 is 0 Å². The van der Waals surface area contributed by atoms with Crippen molar-refractivity contribution in [2.75, 3.05) is 18.0 Å². The van der Waals surface area contributed by atoms with Crippen molar-refractivity contribution in [3.05, 3.63) is 28.8 Å². The largest absolute Gasteiger partial charge is 0.389 e. The molecule has 2 nitrogen and oxygen atoms in total. The molecule has 0 saturated carbocycles. The molecule has 0 aromatic heterocycles. The molecule has 0 bridgehead atoms. The van der Waals surface area contributed by atoms with Gasteiger partial charge in [-0.3, -0.25) is 0 Å². The van der Waals surface area contributed by atoms with Gasteiger partial charge in [0.2, 0.25) is 0 Å². The third-order valence-electron chi connectivity index (χ3n) is 3.58. The van der Waals surface area contributed by atoms with Gasteiger partial charge < -0.3 is 10.6 Å². The van der Waals surface area contributed by atoms with E-state index in [9.17, 15) is 0 Å². The van der Waals surface area contributed by atoms with E-state index in [1.165, 1.54) is 19.3 Å². The molecule has 98 valence electrons. The summed E-state index contributed by atoms with van der Waals surface area (Å²) in [7, 11) is 0. The third-order valence-corrected chi connectivity index (χ3v) is 4.04. The molecule has 1 saturated heterocycles. The Morgan fingerprint density at radius 1 is 1.39 bits per heavy atom. The molecule has 1 fully saturated rings. The van der Waals surface area contributed by atoms with Gasteiger partial charge in [-0.25, -0.2) is 0 Å². The Labute approximate surface area is 119 Å². The van der Waals surface area contributed by atoms with Gasteiger partial charge in [0.1, 0.15) is 4.99 Å². The lowest BCUT2D eigenvalue weighted by Gasteiger charge is -2.25. The topological polar surface area (TPSA) is 29.3 Å². The highest BCUT2D eigenvalue weighted by Crippen LogP contribution is 2.28. The second kappa shape index (κ2) is 5.89. The highest BCUT2D eigenvalue weighted by atomic mass is 35.5. The van der Waals surface area contributed by atoms with Gasteiger partial charge in [-0.05, 0) is 43.4 Å². The van der Waals surface area contributed by atoms with Crippen LogP contribution in [0.3, 0.4) is 0 Å². The van der Waals surface area contributed by atoms with E-state index in [2.05, 4.69) is 11.8 Å². The third kappa shape index (κ3) is 3.15. The summed E-state index contributed by atoms with van der Waals surface area (Å²) in [6.45, 7) is 4.42. The molecule has 1 heterocycles. The van der Waals surface area contributed by atoms with Crippen LogP contribution in [0.4, 0.5) is 5.69 Å². The number of benzene rings is 1. The second-order valence-corrected chi connectivity index (χ2v) is 5.93. The lowest BCUT2D eigenvalue weighted by molar-refractivity contribution is 0.521. The van der Waals surface area contributed by atoms with Crippen LogP contribution >= 0.6 is 23.8 Å². The molecule has 0 radical (unpaired) electrons. The predicted molar refractivity (Wildman–Crippen MR) is 82.6 cm³/mol. The van der Waals surface area contributed by atoms with Crippen molar-refractivity contribution in [3.8, 4) is 0 Å².